The second-order valence-corrected chi connectivity index (χ2v) is 10.2. The summed E-state index contributed by atoms with van der Waals surface area (Å²) in [6.45, 7) is 1.86. The molecule has 5 aromatic rings. The zero-order valence-electron chi connectivity index (χ0n) is 21.1. The number of halogens is 2. The topological polar surface area (TPSA) is 76.1 Å². The number of anilines is 1. The highest BCUT2D eigenvalue weighted by atomic mass is 19.1. The molecule has 0 saturated carbocycles. The Balaban J connectivity index is 1.32. The van der Waals surface area contributed by atoms with Crippen LogP contribution >= 0.6 is 0 Å². The molecule has 3 aromatic heterocycles. The second kappa shape index (κ2) is 9.81. The summed E-state index contributed by atoms with van der Waals surface area (Å²) in [5.74, 6) is -0.349. The molecule has 2 bridgehead atoms. The first-order valence-electron chi connectivity index (χ1n) is 13.2. The maximum absolute atomic E-state index is 16.3. The van der Waals surface area contributed by atoms with Gasteiger partial charge in [0, 0.05) is 55.7 Å². The minimum atomic E-state index is -0.580. The number of aromatic nitrogens is 4. The Labute approximate surface area is 223 Å². The molecule has 7 nitrogen and oxygen atoms in total. The number of nitrogens with one attached hydrogen (secondary N) is 1. The summed E-state index contributed by atoms with van der Waals surface area (Å²) in [6.07, 6.45) is 7.97. The molecule has 2 atom stereocenters. The number of piperazine rings is 1. The molecular weight excluding hydrogens is 498 g/mol. The van der Waals surface area contributed by atoms with Crippen molar-refractivity contribution in [2.45, 2.75) is 31.3 Å². The van der Waals surface area contributed by atoms with Crippen molar-refractivity contribution < 1.29 is 13.5 Å². The van der Waals surface area contributed by atoms with Gasteiger partial charge >= 0.3 is 6.01 Å². The molecule has 1 N–H and O–H groups in total. The standard InChI is InChI=1S/C30H26F2N6O/c31-20-7-6-19-4-1-5-23(24(19)13-20)27-26(32)28-25(15-34-27)29(38-16-21-8-9-22(17-38)35-21)37-30(36-28)39-12-10-18-3-2-11-33-14-18/h1-7,11,13-15,21-22,35H,8-10,12,16-17H2/t21-,22?/m1/s1. The molecule has 2 fully saturated rings. The van der Waals surface area contributed by atoms with Crippen molar-refractivity contribution in [3.8, 4) is 17.3 Å². The van der Waals surface area contributed by atoms with Gasteiger partial charge < -0.3 is 15.0 Å². The lowest BCUT2D eigenvalue weighted by Crippen LogP contribution is -2.51. The van der Waals surface area contributed by atoms with Crippen molar-refractivity contribution in [3.63, 3.8) is 0 Å². The maximum atomic E-state index is 16.3. The van der Waals surface area contributed by atoms with Gasteiger partial charge in [-0.3, -0.25) is 9.97 Å². The van der Waals surface area contributed by atoms with Crippen molar-refractivity contribution in [3.05, 3.63) is 84.3 Å². The van der Waals surface area contributed by atoms with Crippen molar-refractivity contribution in [1.29, 1.82) is 0 Å². The predicted octanol–water partition coefficient (Wildman–Crippen LogP) is 5.08. The molecule has 0 radical (unpaired) electrons. The van der Waals surface area contributed by atoms with Gasteiger partial charge in [0.05, 0.1) is 12.0 Å². The fourth-order valence-electron chi connectivity index (χ4n) is 5.74. The van der Waals surface area contributed by atoms with E-state index in [1.165, 1.54) is 12.1 Å². The van der Waals surface area contributed by atoms with Gasteiger partial charge in [0.25, 0.3) is 0 Å². The van der Waals surface area contributed by atoms with Crippen LogP contribution in [0, 0.1) is 11.6 Å². The number of rotatable bonds is 6. The molecule has 9 heteroatoms. The average Bonchev–Trinajstić information content (AvgIpc) is 3.30. The molecule has 2 saturated heterocycles. The number of ether oxygens (including phenoxy) is 1. The van der Waals surface area contributed by atoms with E-state index in [9.17, 15) is 4.39 Å². The van der Waals surface area contributed by atoms with Gasteiger partial charge in [-0.15, -0.1) is 0 Å². The van der Waals surface area contributed by atoms with Crippen LogP contribution in [0.25, 0.3) is 32.9 Å². The van der Waals surface area contributed by atoms with Gasteiger partial charge in [0.1, 0.15) is 22.8 Å². The molecule has 7 rings (SSSR count). The SMILES string of the molecule is Fc1ccc2cccc(-c3ncc4c(N5CC6CC[C@H](C5)N6)nc(OCCc5cccnc5)nc4c3F)c2c1. The van der Waals surface area contributed by atoms with Gasteiger partial charge in [0.15, 0.2) is 5.82 Å². The zero-order valence-corrected chi connectivity index (χ0v) is 21.1. The third-order valence-electron chi connectivity index (χ3n) is 7.60. The number of fused-ring (bicyclic) bond motifs is 4. The van der Waals surface area contributed by atoms with Crippen molar-refractivity contribution >= 4 is 27.5 Å². The van der Waals surface area contributed by atoms with Gasteiger partial charge in [0.2, 0.25) is 0 Å². The number of nitrogens with zero attached hydrogens (tertiary/aromatic N) is 5. The third kappa shape index (κ3) is 4.52. The fourth-order valence-corrected chi connectivity index (χ4v) is 5.74. The fraction of sp³-hybridized carbons (Fsp3) is 0.267. The Morgan fingerprint density at radius 2 is 1.82 bits per heavy atom. The molecule has 2 aliphatic rings. The first-order chi connectivity index (χ1) is 19.1. The van der Waals surface area contributed by atoms with Gasteiger partial charge in [-0.2, -0.15) is 9.97 Å². The van der Waals surface area contributed by atoms with E-state index in [0.717, 1.165) is 36.9 Å². The quantitative estimate of drug-likeness (QED) is 0.332. The number of hydrogen-bond donors (Lipinski definition) is 1. The summed E-state index contributed by atoms with van der Waals surface area (Å²) in [5.41, 5.74) is 1.79. The molecular formula is C30H26F2N6O. The normalized spacial score (nSPS) is 18.7. The van der Waals surface area contributed by atoms with Crippen LogP contribution in [0.4, 0.5) is 14.6 Å². The summed E-state index contributed by atoms with van der Waals surface area (Å²) in [4.78, 5) is 20.1. The molecule has 39 heavy (non-hydrogen) atoms. The molecule has 2 aromatic carbocycles. The smallest absolute Gasteiger partial charge is 0.319 e. The molecule has 0 spiro atoms. The minimum Gasteiger partial charge on any atom is -0.463 e. The maximum Gasteiger partial charge on any atom is 0.319 e. The van der Waals surface area contributed by atoms with E-state index in [1.54, 1.807) is 30.7 Å². The van der Waals surface area contributed by atoms with E-state index in [1.807, 2.05) is 24.3 Å². The van der Waals surface area contributed by atoms with Crippen LogP contribution in [0.5, 0.6) is 6.01 Å². The van der Waals surface area contributed by atoms with E-state index in [2.05, 4.69) is 25.2 Å². The Hall–Kier alpha value is -4.24. The monoisotopic (exact) mass is 524 g/mol. The third-order valence-corrected chi connectivity index (χ3v) is 7.60. The zero-order chi connectivity index (χ0) is 26.3. The van der Waals surface area contributed by atoms with Crippen LogP contribution < -0.4 is 15.0 Å². The number of pyridine rings is 2. The van der Waals surface area contributed by atoms with E-state index in [-0.39, 0.29) is 17.2 Å². The Morgan fingerprint density at radius 1 is 0.949 bits per heavy atom. The highest BCUT2D eigenvalue weighted by molar-refractivity contribution is 5.99. The highest BCUT2D eigenvalue weighted by Gasteiger charge is 2.34. The Bertz CT molecular complexity index is 1670. The number of hydrogen-bond acceptors (Lipinski definition) is 7. The number of benzene rings is 2. The van der Waals surface area contributed by atoms with Crippen LogP contribution in [0.3, 0.4) is 0 Å². The van der Waals surface area contributed by atoms with Crippen LogP contribution in [-0.2, 0) is 6.42 Å². The minimum absolute atomic E-state index is 0.116. The van der Waals surface area contributed by atoms with Crippen LogP contribution in [0.15, 0.2) is 67.1 Å². The molecule has 0 aliphatic carbocycles. The van der Waals surface area contributed by atoms with Crippen LogP contribution in [0.1, 0.15) is 18.4 Å². The summed E-state index contributed by atoms with van der Waals surface area (Å²) < 4.78 is 36.4. The largest absolute Gasteiger partial charge is 0.463 e. The van der Waals surface area contributed by atoms with Crippen LogP contribution in [0.2, 0.25) is 0 Å². The lowest BCUT2D eigenvalue weighted by Gasteiger charge is -2.34. The molecule has 0 amide bonds. The van der Waals surface area contributed by atoms with Gasteiger partial charge in [-0.05, 0) is 47.4 Å². The van der Waals surface area contributed by atoms with Gasteiger partial charge in [-0.1, -0.05) is 30.3 Å². The first kappa shape index (κ1) is 23.8. The molecule has 1 unspecified atom stereocenters. The lowest BCUT2D eigenvalue weighted by atomic mass is 10.0. The van der Waals surface area contributed by atoms with Crippen molar-refractivity contribution in [2.24, 2.45) is 0 Å². The van der Waals surface area contributed by atoms with E-state index in [0.29, 0.717) is 47.3 Å². The predicted molar refractivity (Wildman–Crippen MR) is 146 cm³/mol. The molecule has 5 heterocycles. The van der Waals surface area contributed by atoms with Gasteiger partial charge in [-0.25, -0.2) is 8.78 Å². The van der Waals surface area contributed by atoms with Crippen LogP contribution in [-0.4, -0.2) is 51.7 Å². The average molecular weight is 525 g/mol. The molecule has 2 aliphatic heterocycles. The summed E-state index contributed by atoms with van der Waals surface area (Å²) >= 11 is 0. The van der Waals surface area contributed by atoms with Crippen molar-refractivity contribution in [2.75, 3.05) is 24.6 Å². The van der Waals surface area contributed by atoms with E-state index < -0.39 is 11.6 Å². The second-order valence-electron chi connectivity index (χ2n) is 10.2. The molecule has 196 valence electrons. The highest BCUT2D eigenvalue weighted by Crippen LogP contribution is 2.36. The first-order valence-corrected chi connectivity index (χ1v) is 13.2. The summed E-state index contributed by atoms with van der Waals surface area (Å²) in [7, 11) is 0. The summed E-state index contributed by atoms with van der Waals surface area (Å²) in [6, 6.07) is 14.6. The summed E-state index contributed by atoms with van der Waals surface area (Å²) in [5, 5.41) is 5.54. The Kier molecular flexibility index (Phi) is 6.00. The van der Waals surface area contributed by atoms with Crippen molar-refractivity contribution in [1.82, 2.24) is 25.3 Å². The Morgan fingerprint density at radius 3 is 2.64 bits per heavy atom. The van der Waals surface area contributed by atoms with E-state index >= 15 is 4.39 Å². The lowest BCUT2D eigenvalue weighted by molar-refractivity contribution is 0.297. The van der Waals surface area contributed by atoms with E-state index in [4.69, 9.17) is 9.72 Å².